The molecule has 2 rings (SSSR count). The smallest absolute Gasteiger partial charge is 0.284 e. The van der Waals surface area contributed by atoms with E-state index in [-0.39, 0.29) is 5.56 Å². The minimum Gasteiger partial charge on any atom is -0.284 e. The van der Waals surface area contributed by atoms with Gasteiger partial charge in [0, 0.05) is 5.56 Å². The van der Waals surface area contributed by atoms with Crippen molar-refractivity contribution in [1.82, 2.24) is 0 Å². The van der Waals surface area contributed by atoms with Gasteiger partial charge in [-0.3, -0.25) is 4.79 Å². The molecular formula is C12H11F3O. The number of halogens is 3. The molecule has 0 saturated carbocycles. The van der Waals surface area contributed by atoms with Crippen molar-refractivity contribution < 1.29 is 18.0 Å². The summed E-state index contributed by atoms with van der Waals surface area (Å²) in [5, 5.41) is 0. The van der Waals surface area contributed by atoms with Gasteiger partial charge in [0.15, 0.2) is 0 Å². The van der Waals surface area contributed by atoms with Crippen molar-refractivity contribution in [2.24, 2.45) is 0 Å². The van der Waals surface area contributed by atoms with Crippen LogP contribution in [0.4, 0.5) is 13.2 Å². The maximum absolute atomic E-state index is 12.4. The zero-order chi connectivity index (χ0) is 11.8. The Morgan fingerprint density at radius 2 is 1.81 bits per heavy atom. The first-order chi connectivity index (χ1) is 7.50. The summed E-state index contributed by atoms with van der Waals surface area (Å²) in [5.41, 5.74) is 1.32. The highest BCUT2D eigenvalue weighted by molar-refractivity contribution is 6.01. The lowest BCUT2D eigenvalue weighted by Crippen LogP contribution is -2.25. The van der Waals surface area contributed by atoms with E-state index in [1.54, 1.807) is 0 Å². The number of hydrogen-bond donors (Lipinski definition) is 0. The SMILES string of the molecule is O=C(c1cccc2c1CCCC2)C(F)(F)F. The van der Waals surface area contributed by atoms with E-state index in [1.165, 1.54) is 12.1 Å². The van der Waals surface area contributed by atoms with Gasteiger partial charge in [-0.15, -0.1) is 0 Å². The largest absolute Gasteiger partial charge is 0.454 e. The fourth-order valence-corrected chi connectivity index (χ4v) is 2.15. The molecule has 1 aromatic carbocycles. The molecule has 0 unspecified atom stereocenters. The molecule has 0 amide bonds. The van der Waals surface area contributed by atoms with Crippen molar-refractivity contribution >= 4 is 5.78 Å². The average molecular weight is 228 g/mol. The minimum atomic E-state index is -4.77. The normalized spacial score (nSPS) is 15.7. The molecule has 1 aliphatic carbocycles. The van der Waals surface area contributed by atoms with Crippen molar-refractivity contribution in [3.63, 3.8) is 0 Å². The first-order valence-corrected chi connectivity index (χ1v) is 5.22. The van der Waals surface area contributed by atoms with Gasteiger partial charge < -0.3 is 0 Å². The van der Waals surface area contributed by atoms with Crippen molar-refractivity contribution in [2.75, 3.05) is 0 Å². The zero-order valence-corrected chi connectivity index (χ0v) is 8.60. The predicted octanol–water partition coefficient (Wildman–Crippen LogP) is 3.31. The van der Waals surface area contributed by atoms with E-state index in [1.807, 2.05) is 6.07 Å². The van der Waals surface area contributed by atoms with E-state index in [2.05, 4.69) is 0 Å². The van der Waals surface area contributed by atoms with Crippen molar-refractivity contribution in [3.8, 4) is 0 Å². The van der Waals surface area contributed by atoms with Gasteiger partial charge in [0.1, 0.15) is 0 Å². The van der Waals surface area contributed by atoms with Crippen LogP contribution < -0.4 is 0 Å². The molecule has 16 heavy (non-hydrogen) atoms. The molecule has 0 aliphatic heterocycles. The minimum absolute atomic E-state index is 0.162. The lowest BCUT2D eigenvalue weighted by atomic mass is 9.87. The van der Waals surface area contributed by atoms with Gasteiger partial charge in [0.25, 0.3) is 5.78 Å². The molecule has 0 aromatic heterocycles. The second-order valence-corrected chi connectivity index (χ2v) is 3.98. The van der Waals surface area contributed by atoms with Gasteiger partial charge in [-0.2, -0.15) is 13.2 Å². The third-order valence-corrected chi connectivity index (χ3v) is 2.90. The summed E-state index contributed by atoms with van der Waals surface area (Å²) in [6.07, 6.45) is -1.58. The van der Waals surface area contributed by atoms with E-state index < -0.39 is 12.0 Å². The Balaban J connectivity index is 2.46. The number of carbonyl (C=O) groups excluding carboxylic acids is 1. The molecule has 0 atom stereocenters. The van der Waals surface area contributed by atoms with E-state index in [0.29, 0.717) is 12.0 Å². The Bertz CT molecular complexity index is 421. The molecule has 86 valence electrons. The Kier molecular flexibility index (Phi) is 2.74. The predicted molar refractivity (Wildman–Crippen MR) is 53.5 cm³/mol. The molecular weight excluding hydrogens is 217 g/mol. The maximum atomic E-state index is 12.4. The summed E-state index contributed by atoms with van der Waals surface area (Å²) in [4.78, 5) is 11.2. The fourth-order valence-electron chi connectivity index (χ4n) is 2.15. The van der Waals surface area contributed by atoms with Crippen LogP contribution in [-0.4, -0.2) is 12.0 Å². The molecule has 0 N–H and O–H groups in total. The number of rotatable bonds is 1. The van der Waals surface area contributed by atoms with Crippen LogP contribution in [0.5, 0.6) is 0 Å². The van der Waals surface area contributed by atoms with E-state index in [4.69, 9.17) is 0 Å². The number of carbonyl (C=O) groups is 1. The summed E-state index contributed by atoms with van der Waals surface area (Å²) in [5.74, 6) is -1.72. The monoisotopic (exact) mass is 228 g/mol. The standard InChI is InChI=1S/C12H11F3O/c13-12(14,15)11(16)10-7-3-5-8-4-1-2-6-9(8)10/h3,5,7H,1-2,4,6H2. The lowest BCUT2D eigenvalue weighted by molar-refractivity contribution is -0.0885. The highest BCUT2D eigenvalue weighted by Crippen LogP contribution is 2.29. The van der Waals surface area contributed by atoms with Crippen molar-refractivity contribution in [2.45, 2.75) is 31.9 Å². The van der Waals surface area contributed by atoms with Crippen molar-refractivity contribution in [1.29, 1.82) is 0 Å². The topological polar surface area (TPSA) is 17.1 Å². The third kappa shape index (κ3) is 1.96. The number of aryl methyl sites for hydroxylation is 1. The summed E-state index contributed by atoms with van der Waals surface area (Å²) in [6.45, 7) is 0. The molecule has 0 bridgehead atoms. The molecule has 0 heterocycles. The summed E-state index contributed by atoms with van der Waals surface area (Å²) in [7, 11) is 0. The van der Waals surface area contributed by atoms with E-state index >= 15 is 0 Å². The molecule has 0 spiro atoms. The Morgan fingerprint density at radius 1 is 1.12 bits per heavy atom. The van der Waals surface area contributed by atoms with Crippen LogP contribution in [0, 0.1) is 0 Å². The highest BCUT2D eigenvalue weighted by atomic mass is 19.4. The number of ketones is 1. The van der Waals surface area contributed by atoms with Crippen LogP contribution in [-0.2, 0) is 12.8 Å². The van der Waals surface area contributed by atoms with Gasteiger partial charge in [-0.1, -0.05) is 18.2 Å². The van der Waals surface area contributed by atoms with Gasteiger partial charge in [0.05, 0.1) is 0 Å². The molecule has 1 nitrogen and oxygen atoms in total. The molecule has 0 fully saturated rings. The molecule has 0 saturated heterocycles. The second kappa shape index (κ2) is 3.92. The fraction of sp³-hybridized carbons (Fsp3) is 0.417. The summed E-state index contributed by atoms with van der Waals surface area (Å²) >= 11 is 0. The number of alkyl halides is 3. The van der Waals surface area contributed by atoms with Crippen molar-refractivity contribution in [3.05, 3.63) is 34.9 Å². The molecule has 1 aromatic rings. The maximum Gasteiger partial charge on any atom is 0.454 e. The average Bonchev–Trinajstić information content (AvgIpc) is 2.26. The van der Waals surface area contributed by atoms with Crippen LogP contribution in [0.25, 0.3) is 0 Å². The Labute approximate surface area is 91.3 Å². The summed E-state index contributed by atoms with van der Waals surface area (Å²) < 4.78 is 37.1. The number of benzene rings is 1. The summed E-state index contributed by atoms with van der Waals surface area (Å²) in [6, 6.07) is 4.62. The first-order valence-electron chi connectivity index (χ1n) is 5.22. The zero-order valence-electron chi connectivity index (χ0n) is 8.60. The molecule has 1 aliphatic rings. The number of fused-ring (bicyclic) bond motifs is 1. The van der Waals surface area contributed by atoms with Crippen LogP contribution in [0.1, 0.15) is 34.3 Å². The molecule has 4 heteroatoms. The third-order valence-electron chi connectivity index (χ3n) is 2.90. The Hall–Kier alpha value is -1.32. The van der Waals surface area contributed by atoms with Crippen LogP contribution in [0.15, 0.2) is 18.2 Å². The van der Waals surface area contributed by atoms with Gasteiger partial charge in [-0.05, 0) is 36.8 Å². The first kappa shape index (κ1) is 11.2. The second-order valence-electron chi connectivity index (χ2n) is 3.98. The van der Waals surface area contributed by atoms with Crippen LogP contribution in [0.2, 0.25) is 0 Å². The quantitative estimate of drug-likeness (QED) is 0.674. The number of hydrogen-bond acceptors (Lipinski definition) is 1. The van der Waals surface area contributed by atoms with Gasteiger partial charge in [0.2, 0.25) is 0 Å². The van der Waals surface area contributed by atoms with E-state index in [0.717, 1.165) is 24.8 Å². The van der Waals surface area contributed by atoms with Crippen LogP contribution >= 0.6 is 0 Å². The highest BCUT2D eigenvalue weighted by Gasteiger charge is 2.40. The number of Topliss-reactive ketones (excluding diaryl/α,β-unsaturated/α-hetero) is 1. The Morgan fingerprint density at radius 3 is 2.50 bits per heavy atom. The lowest BCUT2D eigenvalue weighted by Gasteiger charge is -2.19. The molecule has 0 radical (unpaired) electrons. The van der Waals surface area contributed by atoms with Gasteiger partial charge in [-0.25, -0.2) is 0 Å². The van der Waals surface area contributed by atoms with Gasteiger partial charge >= 0.3 is 6.18 Å². The van der Waals surface area contributed by atoms with Crippen LogP contribution in [0.3, 0.4) is 0 Å². The van der Waals surface area contributed by atoms with E-state index in [9.17, 15) is 18.0 Å².